The monoisotopic (exact) mass is 366 g/mol. The van der Waals surface area contributed by atoms with Gasteiger partial charge in [-0.1, -0.05) is 31.0 Å². The molecule has 2 amide bonds. The number of amides is 2. The molecule has 0 radical (unpaired) electrons. The van der Waals surface area contributed by atoms with Crippen molar-refractivity contribution in [1.82, 2.24) is 20.1 Å². The second-order valence-electron chi connectivity index (χ2n) is 8.14. The second kappa shape index (κ2) is 8.26. The lowest BCUT2D eigenvalue weighted by atomic mass is 10.1. The summed E-state index contributed by atoms with van der Waals surface area (Å²) in [6.07, 6.45) is 10.4. The molecule has 5 nitrogen and oxygen atoms in total. The first-order valence-electron chi connectivity index (χ1n) is 10.3. The molecule has 5 heteroatoms. The molecular formula is C22H30N4O. The molecule has 2 aromatic rings. The number of aromatic nitrogens is 1. The van der Waals surface area contributed by atoms with E-state index in [0.717, 1.165) is 35.5 Å². The second-order valence-corrected chi connectivity index (χ2v) is 8.14. The summed E-state index contributed by atoms with van der Waals surface area (Å²) < 4.78 is 0. The van der Waals surface area contributed by atoms with Gasteiger partial charge in [-0.3, -0.25) is 4.98 Å². The van der Waals surface area contributed by atoms with Gasteiger partial charge in [-0.05, 0) is 48.7 Å². The van der Waals surface area contributed by atoms with Crippen molar-refractivity contribution in [2.75, 3.05) is 26.7 Å². The van der Waals surface area contributed by atoms with Crippen LogP contribution in [0.5, 0.6) is 0 Å². The number of hydrogen-bond donors (Lipinski definition) is 1. The number of pyridine rings is 1. The molecule has 4 rings (SSSR count). The van der Waals surface area contributed by atoms with E-state index in [1.54, 1.807) is 4.90 Å². The number of rotatable bonds is 5. The number of likely N-dealkylation sites (tertiary alicyclic amines) is 1. The Morgan fingerprint density at radius 3 is 2.96 bits per heavy atom. The van der Waals surface area contributed by atoms with Gasteiger partial charge >= 0.3 is 6.03 Å². The molecule has 0 spiro atoms. The van der Waals surface area contributed by atoms with Crippen molar-refractivity contribution in [2.45, 2.75) is 44.7 Å². The lowest BCUT2D eigenvalue weighted by molar-refractivity contribution is 0.203. The summed E-state index contributed by atoms with van der Waals surface area (Å²) in [4.78, 5) is 21.2. The summed E-state index contributed by atoms with van der Waals surface area (Å²) >= 11 is 0. The molecule has 0 unspecified atom stereocenters. The van der Waals surface area contributed by atoms with Crippen molar-refractivity contribution in [3.05, 3.63) is 42.2 Å². The first-order chi connectivity index (χ1) is 13.2. The molecule has 2 heterocycles. The average Bonchev–Trinajstić information content (AvgIpc) is 3.38. The Balaban J connectivity index is 1.28. The standard InChI is InChI=1S/C22H30N4O/c1-25(16-19-6-4-5-18-14-23-11-9-21(18)19)22(27)24-13-17-10-12-26(15-17)20-7-2-3-8-20/h4-6,9,11,14,17,20H,2-3,7-8,10,12-13,15-16H2,1H3,(H,24,27)/t17-/m0/s1. The molecule has 2 aliphatic rings. The van der Waals surface area contributed by atoms with Gasteiger partial charge in [0.05, 0.1) is 0 Å². The number of fused-ring (bicyclic) bond motifs is 1. The summed E-state index contributed by atoms with van der Waals surface area (Å²) in [6.45, 7) is 3.73. The van der Waals surface area contributed by atoms with E-state index >= 15 is 0 Å². The van der Waals surface area contributed by atoms with Crippen molar-refractivity contribution in [3.8, 4) is 0 Å². The van der Waals surface area contributed by atoms with E-state index < -0.39 is 0 Å². The van der Waals surface area contributed by atoms with E-state index in [9.17, 15) is 4.79 Å². The summed E-state index contributed by atoms with van der Waals surface area (Å²) in [6, 6.07) is 9.01. The number of carbonyl (C=O) groups excluding carboxylic acids is 1. The van der Waals surface area contributed by atoms with Gasteiger partial charge in [0.25, 0.3) is 0 Å². The Morgan fingerprint density at radius 2 is 2.11 bits per heavy atom. The summed E-state index contributed by atoms with van der Waals surface area (Å²) in [5.41, 5.74) is 1.15. The van der Waals surface area contributed by atoms with Crippen LogP contribution < -0.4 is 5.32 Å². The quantitative estimate of drug-likeness (QED) is 0.879. The van der Waals surface area contributed by atoms with Crippen molar-refractivity contribution < 1.29 is 4.79 Å². The number of nitrogens with zero attached hydrogens (tertiary/aromatic N) is 3. The van der Waals surface area contributed by atoms with Crippen LogP contribution >= 0.6 is 0 Å². The highest BCUT2D eigenvalue weighted by atomic mass is 16.2. The largest absolute Gasteiger partial charge is 0.338 e. The number of hydrogen-bond acceptors (Lipinski definition) is 3. The van der Waals surface area contributed by atoms with E-state index in [1.165, 1.54) is 38.6 Å². The smallest absolute Gasteiger partial charge is 0.317 e. The highest BCUT2D eigenvalue weighted by Crippen LogP contribution is 2.28. The molecule has 2 fully saturated rings. The molecule has 1 atom stereocenters. The fraction of sp³-hybridized carbons (Fsp3) is 0.545. The van der Waals surface area contributed by atoms with Gasteiger partial charge in [-0.25, -0.2) is 4.79 Å². The predicted molar refractivity (Wildman–Crippen MR) is 109 cm³/mol. The van der Waals surface area contributed by atoms with Gasteiger partial charge in [-0.2, -0.15) is 0 Å². The van der Waals surface area contributed by atoms with Gasteiger partial charge in [-0.15, -0.1) is 0 Å². The van der Waals surface area contributed by atoms with Gasteiger partial charge in [0.15, 0.2) is 0 Å². The van der Waals surface area contributed by atoms with E-state index in [4.69, 9.17) is 0 Å². The van der Waals surface area contributed by atoms with Crippen LogP contribution in [0.4, 0.5) is 4.79 Å². The first-order valence-corrected chi connectivity index (χ1v) is 10.3. The van der Waals surface area contributed by atoms with Crippen LogP contribution in [0, 0.1) is 5.92 Å². The van der Waals surface area contributed by atoms with Gasteiger partial charge in [0, 0.05) is 50.5 Å². The van der Waals surface area contributed by atoms with E-state index in [1.807, 2.05) is 31.6 Å². The Hall–Kier alpha value is -2.14. The van der Waals surface area contributed by atoms with Gasteiger partial charge in [0.2, 0.25) is 0 Å². The predicted octanol–water partition coefficient (Wildman–Crippen LogP) is 3.64. The molecule has 1 aromatic heterocycles. The maximum Gasteiger partial charge on any atom is 0.317 e. The van der Waals surface area contributed by atoms with E-state index in [2.05, 4.69) is 27.3 Å². The molecule has 1 N–H and O–H groups in total. The number of carbonyl (C=O) groups is 1. The van der Waals surface area contributed by atoms with E-state index in [0.29, 0.717) is 12.5 Å². The normalized spacial score (nSPS) is 21.0. The summed E-state index contributed by atoms with van der Waals surface area (Å²) in [5.74, 6) is 0.589. The number of urea groups is 1. The molecule has 1 saturated carbocycles. The number of nitrogens with one attached hydrogen (secondary N) is 1. The Bertz CT molecular complexity index is 781. The fourth-order valence-corrected chi connectivity index (χ4v) is 4.65. The highest BCUT2D eigenvalue weighted by molar-refractivity contribution is 5.85. The third-order valence-corrected chi connectivity index (χ3v) is 6.23. The Labute approximate surface area is 161 Å². The lowest BCUT2D eigenvalue weighted by Crippen LogP contribution is -2.40. The fourth-order valence-electron chi connectivity index (χ4n) is 4.65. The molecule has 1 aromatic carbocycles. The summed E-state index contributed by atoms with van der Waals surface area (Å²) in [7, 11) is 1.87. The van der Waals surface area contributed by atoms with Crippen LogP contribution in [0.3, 0.4) is 0 Å². The zero-order valence-corrected chi connectivity index (χ0v) is 16.2. The zero-order chi connectivity index (χ0) is 18.6. The summed E-state index contributed by atoms with van der Waals surface area (Å²) in [5, 5.41) is 5.43. The molecule has 0 bridgehead atoms. The van der Waals surface area contributed by atoms with Crippen LogP contribution in [0.2, 0.25) is 0 Å². The highest BCUT2D eigenvalue weighted by Gasteiger charge is 2.30. The molecule has 1 aliphatic carbocycles. The van der Waals surface area contributed by atoms with Gasteiger partial charge < -0.3 is 15.1 Å². The molecule has 1 aliphatic heterocycles. The van der Waals surface area contributed by atoms with Gasteiger partial charge in [0.1, 0.15) is 0 Å². The average molecular weight is 367 g/mol. The first kappa shape index (κ1) is 18.2. The zero-order valence-electron chi connectivity index (χ0n) is 16.2. The minimum absolute atomic E-state index is 0.0142. The van der Waals surface area contributed by atoms with Crippen LogP contribution in [0.15, 0.2) is 36.7 Å². The topological polar surface area (TPSA) is 48.5 Å². The minimum Gasteiger partial charge on any atom is -0.338 e. The Morgan fingerprint density at radius 1 is 1.26 bits per heavy atom. The minimum atomic E-state index is 0.0142. The molecule has 1 saturated heterocycles. The number of benzene rings is 1. The van der Waals surface area contributed by atoms with Crippen molar-refractivity contribution in [1.29, 1.82) is 0 Å². The molecule has 27 heavy (non-hydrogen) atoms. The molecule has 144 valence electrons. The SMILES string of the molecule is CN(Cc1cccc2cnccc12)C(=O)NC[C@@H]1CCN(C2CCCC2)C1. The van der Waals surface area contributed by atoms with Crippen molar-refractivity contribution >= 4 is 16.8 Å². The molecular weight excluding hydrogens is 336 g/mol. The third kappa shape index (κ3) is 4.24. The van der Waals surface area contributed by atoms with Crippen LogP contribution in [-0.4, -0.2) is 53.5 Å². The maximum absolute atomic E-state index is 12.6. The lowest BCUT2D eigenvalue weighted by Gasteiger charge is -2.24. The van der Waals surface area contributed by atoms with Crippen LogP contribution in [-0.2, 0) is 6.54 Å². The van der Waals surface area contributed by atoms with Crippen LogP contribution in [0.25, 0.3) is 10.8 Å². The van der Waals surface area contributed by atoms with Crippen molar-refractivity contribution in [3.63, 3.8) is 0 Å². The van der Waals surface area contributed by atoms with Crippen molar-refractivity contribution in [2.24, 2.45) is 5.92 Å². The van der Waals surface area contributed by atoms with Crippen LogP contribution in [0.1, 0.15) is 37.7 Å². The maximum atomic E-state index is 12.6. The van der Waals surface area contributed by atoms with E-state index in [-0.39, 0.29) is 6.03 Å². The Kier molecular flexibility index (Phi) is 5.58. The third-order valence-electron chi connectivity index (χ3n) is 6.23.